The molecule has 2 aromatic rings. The van der Waals surface area contributed by atoms with Crippen molar-refractivity contribution in [3.8, 4) is 0 Å². The molecule has 0 amide bonds. The van der Waals surface area contributed by atoms with E-state index in [1.807, 2.05) is 0 Å². The van der Waals surface area contributed by atoms with Gasteiger partial charge in [0.1, 0.15) is 6.54 Å². The minimum atomic E-state index is 0.121. The third-order valence-corrected chi connectivity index (χ3v) is 6.37. The van der Waals surface area contributed by atoms with Crippen molar-refractivity contribution in [3.05, 3.63) is 42.0 Å². The molecule has 140 valence electrons. The molecule has 0 saturated heterocycles. The van der Waals surface area contributed by atoms with Gasteiger partial charge in [-0.1, -0.05) is 69.7 Å². The van der Waals surface area contributed by atoms with Gasteiger partial charge >= 0.3 is 0 Å². The van der Waals surface area contributed by atoms with Crippen LogP contribution >= 0.6 is 0 Å². The highest BCUT2D eigenvalue weighted by Crippen LogP contribution is 2.43. The van der Waals surface area contributed by atoms with Crippen LogP contribution in [0.4, 0.5) is 5.69 Å². The smallest absolute Gasteiger partial charge is 0.199 e. The van der Waals surface area contributed by atoms with Crippen LogP contribution in [0.2, 0.25) is 0 Å². The standard InChI is InChI=1S/C25H36N/c1-5-6-7-8-9-10-11-14-19-26-20(2)25(3,4)24-22-16-13-12-15-21(22)17-18-23(24)26/h12-13,15-18H,5-11,14,19H2,1-4H3/q+1. The molecule has 0 spiro atoms. The molecule has 0 aliphatic carbocycles. The molecular weight excluding hydrogens is 314 g/mol. The summed E-state index contributed by atoms with van der Waals surface area (Å²) in [6.45, 7) is 10.6. The summed E-state index contributed by atoms with van der Waals surface area (Å²) in [5.74, 6) is 0. The van der Waals surface area contributed by atoms with Gasteiger partial charge in [-0.2, -0.15) is 4.58 Å². The van der Waals surface area contributed by atoms with Crippen molar-refractivity contribution < 1.29 is 4.58 Å². The molecule has 1 heteroatoms. The number of benzene rings is 2. The molecule has 0 unspecified atom stereocenters. The topological polar surface area (TPSA) is 3.01 Å². The Kier molecular flexibility index (Phi) is 6.16. The van der Waals surface area contributed by atoms with Gasteiger partial charge in [-0.25, -0.2) is 0 Å². The highest BCUT2D eigenvalue weighted by Gasteiger charge is 2.43. The largest absolute Gasteiger partial charge is 0.210 e. The zero-order chi connectivity index (χ0) is 18.6. The second-order valence-electron chi connectivity index (χ2n) is 8.52. The molecule has 3 rings (SSSR count). The third kappa shape index (κ3) is 3.72. The Hall–Kier alpha value is -1.63. The second-order valence-corrected chi connectivity index (χ2v) is 8.52. The van der Waals surface area contributed by atoms with Crippen LogP contribution < -0.4 is 0 Å². The first-order valence-electron chi connectivity index (χ1n) is 10.7. The quantitative estimate of drug-likeness (QED) is 0.328. The van der Waals surface area contributed by atoms with Gasteiger partial charge in [-0.05, 0) is 37.1 Å². The fourth-order valence-corrected chi connectivity index (χ4v) is 4.53. The van der Waals surface area contributed by atoms with Gasteiger partial charge in [-0.3, -0.25) is 0 Å². The summed E-state index contributed by atoms with van der Waals surface area (Å²) < 4.78 is 2.60. The Morgan fingerprint density at radius 1 is 0.808 bits per heavy atom. The van der Waals surface area contributed by atoms with Crippen molar-refractivity contribution in [3.63, 3.8) is 0 Å². The molecule has 0 atom stereocenters. The van der Waals surface area contributed by atoms with Gasteiger partial charge in [0.2, 0.25) is 5.69 Å². The number of hydrogen-bond donors (Lipinski definition) is 0. The lowest BCUT2D eigenvalue weighted by Crippen LogP contribution is -2.26. The van der Waals surface area contributed by atoms with E-state index in [0.717, 1.165) is 6.54 Å². The van der Waals surface area contributed by atoms with E-state index < -0.39 is 0 Å². The van der Waals surface area contributed by atoms with Crippen molar-refractivity contribution in [1.29, 1.82) is 0 Å². The van der Waals surface area contributed by atoms with E-state index in [9.17, 15) is 0 Å². The predicted octanol–water partition coefficient (Wildman–Crippen LogP) is 7.38. The van der Waals surface area contributed by atoms with E-state index in [1.54, 1.807) is 0 Å². The lowest BCUT2D eigenvalue weighted by atomic mass is 9.80. The van der Waals surface area contributed by atoms with Gasteiger partial charge in [0.05, 0.1) is 5.41 Å². The van der Waals surface area contributed by atoms with Crippen LogP contribution in [0.1, 0.15) is 84.6 Å². The Morgan fingerprint density at radius 2 is 1.46 bits per heavy atom. The average Bonchev–Trinajstić information content (AvgIpc) is 2.84. The summed E-state index contributed by atoms with van der Waals surface area (Å²) in [4.78, 5) is 0. The molecule has 26 heavy (non-hydrogen) atoms. The van der Waals surface area contributed by atoms with Crippen LogP contribution in [0, 0.1) is 0 Å². The van der Waals surface area contributed by atoms with Gasteiger partial charge in [0, 0.05) is 25.0 Å². The van der Waals surface area contributed by atoms with Crippen molar-refractivity contribution in [2.75, 3.05) is 6.54 Å². The van der Waals surface area contributed by atoms with Crippen LogP contribution in [0.15, 0.2) is 36.4 Å². The minimum Gasteiger partial charge on any atom is -0.199 e. The number of hydrogen-bond acceptors (Lipinski definition) is 0. The van der Waals surface area contributed by atoms with E-state index in [-0.39, 0.29) is 5.41 Å². The Balaban J connectivity index is 1.68. The molecule has 2 aromatic carbocycles. The molecule has 1 heterocycles. The maximum Gasteiger partial charge on any atom is 0.210 e. The zero-order valence-electron chi connectivity index (χ0n) is 17.3. The Bertz CT molecular complexity index is 782. The molecule has 1 nitrogen and oxygen atoms in total. The molecule has 0 fully saturated rings. The SMILES string of the molecule is CCCCCCCCCC[N+]1=C(C)C(C)(C)c2c1ccc1ccccc21. The monoisotopic (exact) mass is 350 g/mol. The molecule has 1 aliphatic rings. The van der Waals surface area contributed by atoms with E-state index in [0.29, 0.717) is 0 Å². The van der Waals surface area contributed by atoms with Crippen molar-refractivity contribution >= 4 is 22.2 Å². The molecule has 0 N–H and O–H groups in total. The van der Waals surface area contributed by atoms with Crippen molar-refractivity contribution in [1.82, 2.24) is 0 Å². The van der Waals surface area contributed by atoms with Crippen LogP contribution in [-0.4, -0.2) is 16.8 Å². The minimum absolute atomic E-state index is 0.121. The first-order chi connectivity index (χ1) is 12.6. The lowest BCUT2D eigenvalue weighted by molar-refractivity contribution is -0.439. The average molecular weight is 351 g/mol. The normalized spacial score (nSPS) is 15.7. The molecule has 1 aliphatic heterocycles. The first kappa shape index (κ1) is 19.1. The second kappa shape index (κ2) is 8.37. The Morgan fingerprint density at radius 3 is 2.19 bits per heavy atom. The van der Waals surface area contributed by atoms with Gasteiger partial charge in [0.15, 0.2) is 5.71 Å². The fraction of sp³-hybridized carbons (Fsp3) is 0.560. The van der Waals surface area contributed by atoms with Crippen molar-refractivity contribution in [2.45, 2.75) is 84.5 Å². The van der Waals surface area contributed by atoms with Crippen LogP contribution in [0.3, 0.4) is 0 Å². The van der Waals surface area contributed by atoms with E-state index in [1.165, 1.54) is 79.1 Å². The van der Waals surface area contributed by atoms with Gasteiger partial charge in [0.25, 0.3) is 0 Å². The summed E-state index contributed by atoms with van der Waals surface area (Å²) in [5.41, 5.74) is 4.59. The maximum absolute atomic E-state index is 2.60. The van der Waals surface area contributed by atoms with Crippen LogP contribution in [0.5, 0.6) is 0 Å². The highest BCUT2D eigenvalue weighted by atomic mass is 15.1. The molecule has 0 saturated carbocycles. The number of fused-ring (bicyclic) bond motifs is 3. The van der Waals surface area contributed by atoms with Crippen LogP contribution in [0.25, 0.3) is 10.8 Å². The van der Waals surface area contributed by atoms with E-state index in [2.05, 4.69) is 68.7 Å². The number of nitrogens with zero attached hydrogens (tertiary/aromatic N) is 1. The maximum atomic E-state index is 2.60. The summed E-state index contributed by atoms with van der Waals surface area (Å²) in [6.07, 6.45) is 11.1. The lowest BCUT2D eigenvalue weighted by Gasteiger charge is -2.17. The summed E-state index contributed by atoms with van der Waals surface area (Å²) in [6, 6.07) is 13.5. The van der Waals surface area contributed by atoms with Crippen molar-refractivity contribution in [2.24, 2.45) is 0 Å². The van der Waals surface area contributed by atoms with Crippen LogP contribution in [-0.2, 0) is 5.41 Å². The summed E-state index contributed by atoms with van der Waals surface area (Å²) in [7, 11) is 0. The zero-order valence-corrected chi connectivity index (χ0v) is 17.3. The number of unbranched alkanes of at least 4 members (excludes halogenated alkanes) is 7. The summed E-state index contributed by atoms with van der Waals surface area (Å²) >= 11 is 0. The molecule has 0 bridgehead atoms. The molecule has 0 aromatic heterocycles. The van der Waals surface area contributed by atoms with E-state index >= 15 is 0 Å². The van der Waals surface area contributed by atoms with Gasteiger partial charge < -0.3 is 0 Å². The Labute approximate surface area is 160 Å². The van der Waals surface area contributed by atoms with E-state index in [4.69, 9.17) is 0 Å². The molecular formula is C25H36N+. The summed E-state index contributed by atoms with van der Waals surface area (Å²) in [5, 5.41) is 2.79. The highest BCUT2D eigenvalue weighted by molar-refractivity contribution is 6.01. The van der Waals surface area contributed by atoms with Gasteiger partial charge in [-0.15, -0.1) is 0 Å². The molecule has 0 radical (unpaired) electrons. The fourth-order valence-electron chi connectivity index (χ4n) is 4.53. The number of rotatable bonds is 9. The first-order valence-corrected chi connectivity index (χ1v) is 10.7. The predicted molar refractivity (Wildman–Crippen MR) is 115 cm³/mol. The third-order valence-electron chi connectivity index (χ3n) is 6.37.